The lowest BCUT2D eigenvalue weighted by Crippen LogP contribution is -2.26. The van der Waals surface area contributed by atoms with Crippen LogP contribution in [0.1, 0.15) is 82.1 Å². The molecular weight excluding hydrogens is 701 g/mol. The van der Waals surface area contributed by atoms with Gasteiger partial charge in [-0.3, -0.25) is 14.7 Å². The summed E-state index contributed by atoms with van der Waals surface area (Å²) in [5.74, 6) is -0.288. The molecular formula is C47H58N4O5. The number of ether oxygens (including phenoxy) is 1. The fraction of sp³-hybridized carbons (Fsp3) is 0.447. The quantitative estimate of drug-likeness (QED) is 0.0402. The van der Waals surface area contributed by atoms with E-state index in [9.17, 15) is 20.1 Å². The first-order chi connectivity index (χ1) is 27.3. The Balaban J connectivity index is 0.829. The first-order valence-corrected chi connectivity index (χ1v) is 20.6. The van der Waals surface area contributed by atoms with Crippen molar-refractivity contribution in [3.63, 3.8) is 0 Å². The number of rotatable bonds is 18. The highest BCUT2D eigenvalue weighted by atomic mass is 16.6. The van der Waals surface area contributed by atoms with Crippen LogP contribution in [-0.4, -0.2) is 73.2 Å². The van der Waals surface area contributed by atoms with E-state index in [0.29, 0.717) is 51.0 Å². The number of hydrogen-bond acceptors (Lipinski definition) is 8. The molecule has 2 aromatic heterocycles. The molecule has 56 heavy (non-hydrogen) atoms. The number of pyridine rings is 1. The van der Waals surface area contributed by atoms with Crippen LogP contribution < -0.4 is 5.32 Å². The Labute approximate surface area is 331 Å². The summed E-state index contributed by atoms with van der Waals surface area (Å²) < 4.78 is 7.93. The molecule has 5 aromatic rings. The zero-order chi connectivity index (χ0) is 38.9. The zero-order valence-corrected chi connectivity index (χ0v) is 32.6. The summed E-state index contributed by atoms with van der Waals surface area (Å²) in [4.78, 5) is 19.6. The number of carbonyl (C=O) groups excluding carboxylic acids is 1. The minimum atomic E-state index is -0.550. The van der Waals surface area contributed by atoms with Gasteiger partial charge in [0, 0.05) is 67.1 Å². The van der Waals surface area contributed by atoms with Crippen molar-refractivity contribution in [3.8, 4) is 0 Å². The molecule has 7 unspecified atom stereocenters. The minimum Gasteiger partial charge on any atom is -0.441 e. The van der Waals surface area contributed by atoms with Crippen molar-refractivity contribution in [1.29, 1.82) is 0 Å². The second kappa shape index (κ2) is 19.1. The predicted molar refractivity (Wildman–Crippen MR) is 223 cm³/mol. The molecule has 0 spiro atoms. The molecule has 7 atom stereocenters. The zero-order valence-electron chi connectivity index (χ0n) is 32.6. The van der Waals surface area contributed by atoms with Gasteiger partial charge in [-0.05, 0) is 117 Å². The molecule has 9 nitrogen and oxygen atoms in total. The van der Waals surface area contributed by atoms with Gasteiger partial charge in [-0.15, -0.1) is 0 Å². The molecule has 2 aliphatic rings. The fourth-order valence-electron chi connectivity index (χ4n) is 8.89. The lowest BCUT2D eigenvalue weighted by molar-refractivity contribution is -0.152. The van der Waals surface area contributed by atoms with Gasteiger partial charge in [-0.1, -0.05) is 66.7 Å². The number of aromatic nitrogens is 2. The number of anilines is 1. The first kappa shape index (κ1) is 39.7. The van der Waals surface area contributed by atoms with Gasteiger partial charge in [-0.2, -0.15) is 0 Å². The van der Waals surface area contributed by atoms with Crippen LogP contribution in [0.15, 0.2) is 110 Å². The average Bonchev–Trinajstić information content (AvgIpc) is 3.91. The SMILES string of the molecule is CC(OC(=O)CCCC=CCC1C(O)CC(O)C1CCC(O)CCc1ccccc1)n1ccc2ccc(CN3CCC(Nc4cccc5cnccc45)C3)cc21. The topological polar surface area (TPSA) is 120 Å². The Morgan fingerprint density at radius 2 is 1.82 bits per heavy atom. The van der Waals surface area contributed by atoms with Crippen molar-refractivity contribution in [3.05, 3.63) is 121 Å². The number of unbranched alkanes of at least 4 members (excludes halogenated alkanes) is 1. The summed E-state index contributed by atoms with van der Waals surface area (Å²) in [6.45, 7) is 4.78. The maximum Gasteiger partial charge on any atom is 0.307 e. The van der Waals surface area contributed by atoms with E-state index in [1.165, 1.54) is 16.5 Å². The van der Waals surface area contributed by atoms with Crippen molar-refractivity contribution in [2.45, 2.75) is 108 Å². The number of hydrogen-bond donors (Lipinski definition) is 4. The van der Waals surface area contributed by atoms with E-state index in [0.717, 1.165) is 60.9 Å². The summed E-state index contributed by atoms with van der Waals surface area (Å²) in [5, 5.41) is 39.2. The lowest BCUT2D eigenvalue weighted by atomic mass is 9.85. The Morgan fingerprint density at radius 1 is 0.964 bits per heavy atom. The van der Waals surface area contributed by atoms with Crippen LogP contribution in [0.2, 0.25) is 0 Å². The van der Waals surface area contributed by atoms with Crippen LogP contribution in [0, 0.1) is 11.8 Å². The van der Waals surface area contributed by atoms with Crippen molar-refractivity contribution in [1.82, 2.24) is 14.5 Å². The summed E-state index contributed by atoms with van der Waals surface area (Å²) >= 11 is 0. The number of esters is 1. The van der Waals surface area contributed by atoms with Crippen LogP contribution in [0.3, 0.4) is 0 Å². The Bertz CT molecular complexity index is 2040. The molecule has 0 amide bonds. The number of nitrogens with zero attached hydrogens (tertiary/aromatic N) is 3. The van der Waals surface area contributed by atoms with Crippen LogP contribution >= 0.6 is 0 Å². The number of fused-ring (bicyclic) bond motifs is 2. The molecule has 1 saturated heterocycles. The molecule has 4 N–H and O–H groups in total. The second-order valence-electron chi connectivity index (χ2n) is 16.0. The number of allylic oxidation sites excluding steroid dienone is 2. The number of aliphatic hydroxyl groups excluding tert-OH is 3. The molecule has 7 rings (SSSR count). The van der Waals surface area contributed by atoms with E-state index in [1.54, 1.807) is 0 Å². The van der Waals surface area contributed by atoms with Crippen LogP contribution in [-0.2, 0) is 22.5 Å². The molecule has 2 fully saturated rings. The maximum atomic E-state index is 12.9. The molecule has 296 valence electrons. The van der Waals surface area contributed by atoms with Crippen LogP contribution in [0.25, 0.3) is 21.7 Å². The number of benzene rings is 3. The van der Waals surface area contributed by atoms with E-state index >= 15 is 0 Å². The normalized spacial score (nSPS) is 22.6. The number of likely N-dealkylation sites (tertiary alicyclic amines) is 1. The number of aliphatic hydroxyl groups is 3. The van der Waals surface area contributed by atoms with Crippen molar-refractivity contribution >= 4 is 33.3 Å². The third-order valence-corrected chi connectivity index (χ3v) is 12.0. The molecule has 3 heterocycles. The maximum absolute atomic E-state index is 12.9. The van der Waals surface area contributed by atoms with Gasteiger partial charge in [0.1, 0.15) is 0 Å². The van der Waals surface area contributed by atoms with Crippen molar-refractivity contribution in [2.24, 2.45) is 11.8 Å². The smallest absolute Gasteiger partial charge is 0.307 e. The van der Waals surface area contributed by atoms with Gasteiger partial charge in [0.25, 0.3) is 0 Å². The summed E-state index contributed by atoms with van der Waals surface area (Å²) in [6.07, 6.45) is 14.6. The number of nitrogens with one attached hydrogen (secondary N) is 1. The standard InChI is InChI=1S/C47H58N4O5/c1-33(56-47(55)15-8-3-2-7-13-41-42(46(54)29-45(41)53)21-20-39(52)19-17-34-10-5-4-6-11-34)51-27-23-36-18-16-35(28-44(36)51)31-50-26-24-38(32-50)49-43-14-9-12-37-30-48-25-22-40(37)43/h2,4-7,9-12,14,16,18,22-23,25,27-28,30,33,38-39,41-42,45-46,49,52-54H,3,8,13,15,17,19-21,24,26,29,31-32H2,1H3. The summed E-state index contributed by atoms with van der Waals surface area (Å²) in [7, 11) is 0. The highest BCUT2D eigenvalue weighted by Gasteiger charge is 2.40. The summed E-state index contributed by atoms with van der Waals surface area (Å²) in [6, 6.07) is 27.6. The lowest BCUT2D eigenvalue weighted by Gasteiger charge is -2.23. The molecule has 1 aliphatic heterocycles. The van der Waals surface area contributed by atoms with E-state index in [2.05, 4.69) is 88.0 Å². The predicted octanol–water partition coefficient (Wildman–Crippen LogP) is 8.19. The van der Waals surface area contributed by atoms with Gasteiger partial charge in [0.2, 0.25) is 0 Å². The van der Waals surface area contributed by atoms with Gasteiger partial charge < -0.3 is 29.9 Å². The first-order valence-electron chi connectivity index (χ1n) is 20.6. The van der Waals surface area contributed by atoms with Gasteiger partial charge >= 0.3 is 5.97 Å². The highest BCUT2D eigenvalue weighted by molar-refractivity contribution is 5.93. The summed E-state index contributed by atoms with van der Waals surface area (Å²) in [5.41, 5.74) is 4.67. The largest absolute Gasteiger partial charge is 0.441 e. The van der Waals surface area contributed by atoms with Crippen molar-refractivity contribution < 1.29 is 24.9 Å². The van der Waals surface area contributed by atoms with E-state index in [1.807, 2.05) is 48.3 Å². The Kier molecular flexibility index (Phi) is 13.5. The van der Waals surface area contributed by atoms with Crippen molar-refractivity contribution in [2.75, 3.05) is 18.4 Å². The van der Waals surface area contributed by atoms with E-state index in [4.69, 9.17) is 4.74 Å². The molecule has 9 heteroatoms. The molecule has 1 aliphatic carbocycles. The third-order valence-electron chi connectivity index (χ3n) is 12.0. The molecule has 0 radical (unpaired) electrons. The van der Waals surface area contributed by atoms with Gasteiger partial charge in [-0.25, -0.2) is 0 Å². The second-order valence-corrected chi connectivity index (χ2v) is 16.0. The van der Waals surface area contributed by atoms with Crippen LogP contribution in [0.5, 0.6) is 0 Å². The molecule has 0 bridgehead atoms. The van der Waals surface area contributed by atoms with Gasteiger partial charge in [0.05, 0.1) is 23.8 Å². The average molecular weight is 759 g/mol. The van der Waals surface area contributed by atoms with E-state index in [-0.39, 0.29) is 17.8 Å². The highest BCUT2D eigenvalue weighted by Crippen LogP contribution is 2.38. The number of aryl methyl sites for hydroxylation is 1. The third kappa shape index (κ3) is 10.2. The Morgan fingerprint density at radius 3 is 2.70 bits per heavy atom. The molecule has 3 aromatic carbocycles. The number of carbonyl (C=O) groups is 1. The van der Waals surface area contributed by atoms with Crippen LogP contribution in [0.4, 0.5) is 5.69 Å². The fourth-order valence-corrected chi connectivity index (χ4v) is 8.89. The molecule has 1 saturated carbocycles. The van der Waals surface area contributed by atoms with Gasteiger partial charge in [0.15, 0.2) is 6.23 Å². The monoisotopic (exact) mass is 758 g/mol. The van der Waals surface area contributed by atoms with E-state index < -0.39 is 24.5 Å². The minimum absolute atomic E-state index is 0.0339. The Hall–Kier alpha value is -4.54.